The molecule has 6 heteroatoms. The van der Waals surface area contributed by atoms with Crippen molar-refractivity contribution in [3.8, 4) is 0 Å². The van der Waals surface area contributed by atoms with E-state index in [2.05, 4.69) is 58.9 Å². The lowest BCUT2D eigenvalue weighted by atomic mass is 10.0. The standard InChI is InChI=1S/C24H26N4OS/c1-13-10-16(4)22-19(11-13)15(3)12-21-26-27-24(28(21)22)30-18(6)23(29)25-20-9-7-8-14(2)17(20)5/h7-12,18H,1-6H3,(H,25,29). The van der Waals surface area contributed by atoms with E-state index in [9.17, 15) is 4.79 Å². The van der Waals surface area contributed by atoms with Crippen molar-refractivity contribution in [2.45, 2.75) is 51.9 Å². The van der Waals surface area contributed by atoms with Gasteiger partial charge in [0.15, 0.2) is 10.8 Å². The number of hydrogen-bond acceptors (Lipinski definition) is 4. The van der Waals surface area contributed by atoms with Crippen molar-refractivity contribution in [3.63, 3.8) is 0 Å². The average molecular weight is 419 g/mol. The molecular formula is C24H26N4OS. The predicted octanol–water partition coefficient (Wildman–Crippen LogP) is 5.54. The zero-order valence-electron chi connectivity index (χ0n) is 18.2. The van der Waals surface area contributed by atoms with Gasteiger partial charge in [-0.15, -0.1) is 10.2 Å². The fraction of sp³-hybridized carbons (Fsp3) is 0.292. The second-order valence-corrected chi connectivity index (χ2v) is 9.29. The van der Waals surface area contributed by atoms with Crippen LogP contribution in [0.2, 0.25) is 0 Å². The van der Waals surface area contributed by atoms with Crippen LogP contribution in [0.4, 0.5) is 5.69 Å². The largest absolute Gasteiger partial charge is 0.325 e. The van der Waals surface area contributed by atoms with Crippen LogP contribution in [0.25, 0.3) is 16.6 Å². The number of hydrogen-bond donors (Lipinski definition) is 1. The zero-order valence-corrected chi connectivity index (χ0v) is 19.0. The van der Waals surface area contributed by atoms with Crippen LogP contribution in [0.3, 0.4) is 0 Å². The summed E-state index contributed by atoms with van der Waals surface area (Å²) in [7, 11) is 0. The van der Waals surface area contributed by atoms with Crippen LogP contribution in [0.5, 0.6) is 0 Å². The zero-order chi connectivity index (χ0) is 21.6. The van der Waals surface area contributed by atoms with Gasteiger partial charge in [-0.05, 0) is 82.0 Å². The molecule has 1 unspecified atom stereocenters. The number of anilines is 1. The van der Waals surface area contributed by atoms with E-state index < -0.39 is 0 Å². The molecule has 1 atom stereocenters. The third-order valence-corrected chi connectivity index (χ3v) is 6.65. The highest BCUT2D eigenvalue weighted by atomic mass is 32.2. The molecule has 154 valence electrons. The van der Waals surface area contributed by atoms with Crippen LogP contribution in [0.1, 0.15) is 34.7 Å². The fourth-order valence-corrected chi connectivity index (χ4v) is 4.68. The maximum atomic E-state index is 12.9. The van der Waals surface area contributed by atoms with Crippen LogP contribution in [0, 0.1) is 34.6 Å². The van der Waals surface area contributed by atoms with Gasteiger partial charge < -0.3 is 5.32 Å². The lowest BCUT2D eigenvalue weighted by Crippen LogP contribution is -2.23. The van der Waals surface area contributed by atoms with Crippen LogP contribution in [-0.2, 0) is 4.79 Å². The van der Waals surface area contributed by atoms with Crippen LogP contribution < -0.4 is 5.32 Å². The SMILES string of the molecule is Cc1cc(C)c2c(c1)c(C)cc1nnc(SC(C)C(=O)Nc3cccc(C)c3C)n12. The van der Waals surface area contributed by atoms with E-state index >= 15 is 0 Å². The summed E-state index contributed by atoms with van der Waals surface area (Å²) in [4.78, 5) is 12.9. The number of carbonyl (C=O) groups excluding carboxylic acids is 1. The number of aromatic nitrogens is 3. The van der Waals surface area contributed by atoms with Gasteiger partial charge in [0.05, 0.1) is 10.8 Å². The van der Waals surface area contributed by atoms with E-state index in [1.807, 2.05) is 39.0 Å². The number of fused-ring (bicyclic) bond motifs is 3. The van der Waals surface area contributed by atoms with Crippen molar-refractivity contribution < 1.29 is 4.79 Å². The molecule has 0 radical (unpaired) electrons. The van der Waals surface area contributed by atoms with Gasteiger partial charge in [0, 0.05) is 11.1 Å². The highest BCUT2D eigenvalue weighted by Crippen LogP contribution is 2.31. The Labute approximate surface area is 180 Å². The Morgan fingerprint density at radius 3 is 2.53 bits per heavy atom. The Bertz CT molecular complexity index is 1290. The molecule has 0 aliphatic rings. The van der Waals surface area contributed by atoms with Crippen LogP contribution in [0.15, 0.2) is 41.6 Å². The van der Waals surface area contributed by atoms with E-state index in [-0.39, 0.29) is 11.2 Å². The third-order valence-electron chi connectivity index (χ3n) is 5.61. The third kappa shape index (κ3) is 3.56. The van der Waals surface area contributed by atoms with E-state index in [0.717, 1.165) is 33.1 Å². The molecule has 2 heterocycles. The number of nitrogens with one attached hydrogen (secondary N) is 1. The summed E-state index contributed by atoms with van der Waals surface area (Å²) in [5, 5.41) is 13.4. The fourth-order valence-electron chi connectivity index (χ4n) is 3.82. The van der Waals surface area contributed by atoms with E-state index in [1.54, 1.807) is 0 Å². The normalized spacial score (nSPS) is 12.5. The lowest BCUT2D eigenvalue weighted by molar-refractivity contribution is -0.115. The first-order valence-corrected chi connectivity index (χ1v) is 10.9. The van der Waals surface area contributed by atoms with Crippen LogP contribution in [-0.4, -0.2) is 25.8 Å². The predicted molar refractivity (Wildman–Crippen MR) is 125 cm³/mol. The minimum absolute atomic E-state index is 0.0468. The number of thioether (sulfide) groups is 1. The summed E-state index contributed by atoms with van der Waals surface area (Å²) in [6.45, 7) is 12.3. The van der Waals surface area contributed by atoms with Gasteiger partial charge in [0.2, 0.25) is 5.91 Å². The molecule has 0 saturated carbocycles. The molecule has 0 fully saturated rings. The maximum absolute atomic E-state index is 12.9. The summed E-state index contributed by atoms with van der Waals surface area (Å²) in [5.74, 6) is -0.0468. The lowest BCUT2D eigenvalue weighted by Gasteiger charge is -2.15. The molecule has 2 aromatic carbocycles. The van der Waals surface area contributed by atoms with Crippen LogP contribution >= 0.6 is 11.8 Å². The molecular weight excluding hydrogens is 392 g/mol. The molecule has 0 spiro atoms. The summed E-state index contributed by atoms with van der Waals surface area (Å²) < 4.78 is 2.07. The highest BCUT2D eigenvalue weighted by molar-refractivity contribution is 8.00. The van der Waals surface area contributed by atoms with Gasteiger partial charge in [-0.3, -0.25) is 9.20 Å². The number of pyridine rings is 1. The van der Waals surface area contributed by atoms with Gasteiger partial charge in [-0.2, -0.15) is 0 Å². The number of nitrogens with zero attached hydrogens (tertiary/aromatic N) is 3. The number of aryl methyl sites for hydroxylation is 4. The molecule has 0 aliphatic heterocycles. The summed E-state index contributed by atoms with van der Waals surface area (Å²) in [6, 6.07) is 12.4. The van der Waals surface area contributed by atoms with E-state index in [0.29, 0.717) is 0 Å². The smallest absolute Gasteiger partial charge is 0.237 e. The number of carbonyl (C=O) groups is 1. The second-order valence-electron chi connectivity index (χ2n) is 7.98. The average Bonchev–Trinajstić information content (AvgIpc) is 3.07. The minimum atomic E-state index is -0.320. The van der Waals surface area contributed by atoms with Gasteiger partial charge in [-0.1, -0.05) is 35.5 Å². The first kappa shape index (κ1) is 20.4. The number of benzene rings is 2. The molecule has 1 amide bonds. The molecule has 4 aromatic rings. The van der Waals surface area contributed by atoms with E-state index in [4.69, 9.17) is 0 Å². The summed E-state index contributed by atoms with van der Waals surface area (Å²) >= 11 is 1.43. The summed E-state index contributed by atoms with van der Waals surface area (Å²) in [6.07, 6.45) is 0. The van der Waals surface area contributed by atoms with Gasteiger partial charge >= 0.3 is 0 Å². The Hall–Kier alpha value is -2.86. The molecule has 0 bridgehead atoms. The molecule has 2 aromatic heterocycles. The van der Waals surface area contributed by atoms with Gasteiger partial charge in [-0.25, -0.2) is 0 Å². The van der Waals surface area contributed by atoms with Crippen molar-refractivity contribution in [1.29, 1.82) is 0 Å². The molecule has 4 rings (SSSR count). The number of amides is 1. The molecule has 0 saturated heterocycles. The molecule has 1 N–H and O–H groups in total. The van der Waals surface area contributed by atoms with Gasteiger partial charge in [0.1, 0.15) is 0 Å². The van der Waals surface area contributed by atoms with E-state index in [1.165, 1.54) is 33.8 Å². The first-order chi connectivity index (χ1) is 14.3. The maximum Gasteiger partial charge on any atom is 0.237 e. The number of rotatable bonds is 4. The monoisotopic (exact) mass is 418 g/mol. The quantitative estimate of drug-likeness (QED) is 0.442. The van der Waals surface area contributed by atoms with Gasteiger partial charge in [0.25, 0.3) is 0 Å². The van der Waals surface area contributed by atoms with Crippen molar-refractivity contribution in [3.05, 3.63) is 64.2 Å². The van der Waals surface area contributed by atoms with Crippen molar-refractivity contribution in [1.82, 2.24) is 14.6 Å². The Balaban J connectivity index is 1.69. The Morgan fingerprint density at radius 2 is 1.77 bits per heavy atom. The van der Waals surface area contributed by atoms with Crippen molar-refractivity contribution in [2.75, 3.05) is 5.32 Å². The molecule has 5 nitrogen and oxygen atoms in total. The highest BCUT2D eigenvalue weighted by Gasteiger charge is 2.21. The summed E-state index contributed by atoms with van der Waals surface area (Å²) in [5.41, 5.74) is 8.58. The Morgan fingerprint density at radius 1 is 1.00 bits per heavy atom. The topological polar surface area (TPSA) is 59.3 Å². The molecule has 30 heavy (non-hydrogen) atoms. The van der Waals surface area contributed by atoms with Crippen molar-refractivity contribution in [2.24, 2.45) is 0 Å². The second kappa shape index (κ2) is 7.76. The Kier molecular flexibility index (Phi) is 5.28. The van der Waals surface area contributed by atoms with Crippen molar-refractivity contribution >= 4 is 39.9 Å². The minimum Gasteiger partial charge on any atom is -0.325 e. The first-order valence-electron chi connectivity index (χ1n) is 10.1. The molecule has 0 aliphatic carbocycles.